The average molecular weight is 621 g/mol. The molecule has 11 heteroatoms. The summed E-state index contributed by atoms with van der Waals surface area (Å²) in [5, 5.41) is 3.51. The first-order valence-corrected chi connectivity index (χ1v) is 15.3. The van der Waals surface area contributed by atoms with Crippen LogP contribution in [-0.2, 0) is 26.2 Å². The highest BCUT2D eigenvalue weighted by Gasteiger charge is 2.33. The van der Waals surface area contributed by atoms with Crippen molar-refractivity contribution >= 4 is 50.7 Å². The van der Waals surface area contributed by atoms with Crippen LogP contribution in [-0.4, -0.2) is 51.4 Å². The van der Waals surface area contributed by atoms with E-state index >= 15 is 0 Å². The van der Waals surface area contributed by atoms with E-state index in [1.165, 1.54) is 42.3 Å². The Morgan fingerprint density at radius 1 is 0.976 bits per heavy atom. The Hall–Kier alpha value is -3.27. The van der Waals surface area contributed by atoms with Crippen molar-refractivity contribution in [1.29, 1.82) is 0 Å². The molecule has 0 saturated carbocycles. The van der Waals surface area contributed by atoms with Crippen LogP contribution in [0.15, 0.2) is 71.6 Å². The summed E-state index contributed by atoms with van der Waals surface area (Å²) in [5.74, 6) is -0.375. The third-order valence-electron chi connectivity index (χ3n) is 6.40. The first kappa shape index (κ1) is 32.2. The molecule has 1 N–H and O–H groups in total. The van der Waals surface area contributed by atoms with Gasteiger partial charge < -0.3 is 15.0 Å². The van der Waals surface area contributed by atoms with Crippen molar-refractivity contribution in [2.75, 3.05) is 24.5 Å². The molecule has 3 rings (SSSR count). The molecule has 0 heterocycles. The highest BCUT2D eigenvalue weighted by molar-refractivity contribution is 7.92. The van der Waals surface area contributed by atoms with Crippen LogP contribution in [0, 0.1) is 12.8 Å². The largest absolute Gasteiger partial charge is 0.495 e. The number of halogens is 2. The second kappa shape index (κ2) is 14.1. The van der Waals surface area contributed by atoms with Crippen molar-refractivity contribution in [3.63, 3.8) is 0 Å². The van der Waals surface area contributed by atoms with Crippen LogP contribution < -0.4 is 14.4 Å². The Morgan fingerprint density at radius 3 is 2.24 bits per heavy atom. The number of amides is 2. The molecule has 0 aliphatic rings. The molecular weight excluding hydrogens is 585 g/mol. The number of sulfonamides is 1. The van der Waals surface area contributed by atoms with E-state index in [0.29, 0.717) is 22.9 Å². The first-order chi connectivity index (χ1) is 19.3. The van der Waals surface area contributed by atoms with Gasteiger partial charge in [-0.1, -0.05) is 66.9 Å². The lowest BCUT2D eigenvalue weighted by molar-refractivity contribution is -0.139. The molecule has 8 nitrogen and oxygen atoms in total. The topological polar surface area (TPSA) is 96.0 Å². The van der Waals surface area contributed by atoms with Crippen molar-refractivity contribution in [2.45, 2.75) is 45.2 Å². The molecule has 41 heavy (non-hydrogen) atoms. The standard InChI is InChI=1S/C30H35Cl2N3O5S/c1-20(2)17-33-30(37)22(4)34(18-23-7-6-8-24(31)15-23)29(36)19-35(25-11-14-28(40-5)27(32)16-25)41(38,39)26-12-9-21(3)10-13-26/h6-16,20,22H,17-19H2,1-5H3,(H,33,37)/t22-/m0/s1. The molecule has 3 aromatic carbocycles. The highest BCUT2D eigenvalue weighted by atomic mass is 35.5. The summed E-state index contributed by atoms with van der Waals surface area (Å²) < 4.78 is 34.1. The van der Waals surface area contributed by atoms with Crippen molar-refractivity contribution in [2.24, 2.45) is 5.92 Å². The van der Waals surface area contributed by atoms with E-state index in [9.17, 15) is 18.0 Å². The molecule has 220 valence electrons. The summed E-state index contributed by atoms with van der Waals surface area (Å²) >= 11 is 12.5. The van der Waals surface area contributed by atoms with Crippen molar-refractivity contribution < 1.29 is 22.7 Å². The Kier molecular flexibility index (Phi) is 11.1. The number of hydrogen-bond donors (Lipinski definition) is 1. The highest BCUT2D eigenvalue weighted by Crippen LogP contribution is 2.32. The van der Waals surface area contributed by atoms with E-state index in [1.54, 1.807) is 43.3 Å². The first-order valence-electron chi connectivity index (χ1n) is 13.1. The van der Waals surface area contributed by atoms with Gasteiger partial charge in [-0.3, -0.25) is 13.9 Å². The van der Waals surface area contributed by atoms with Gasteiger partial charge in [0.2, 0.25) is 11.8 Å². The van der Waals surface area contributed by atoms with Crippen LogP contribution in [0.25, 0.3) is 0 Å². The lowest BCUT2D eigenvalue weighted by Crippen LogP contribution is -2.51. The minimum atomic E-state index is -4.22. The number of benzene rings is 3. The number of methoxy groups -OCH3 is 1. The minimum absolute atomic E-state index is 0.00644. The van der Waals surface area contributed by atoms with Crippen LogP contribution in [0.5, 0.6) is 5.75 Å². The zero-order valence-electron chi connectivity index (χ0n) is 23.7. The van der Waals surface area contributed by atoms with Gasteiger partial charge in [-0.2, -0.15) is 0 Å². The zero-order valence-corrected chi connectivity index (χ0v) is 26.1. The average Bonchev–Trinajstić information content (AvgIpc) is 2.93. The van der Waals surface area contributed by atoms with Gasteiger partial charge in [0.05, 0.1) is 22.7 Å². The van der Waals surface area contributed by atoms with Crippen LogP contribution in [0.3, 0.4) is 0 Å². The third-order valence-corrected chi connectivity index (χ3v) is 8.72. The molecule has 0 aliphatic heterocycles. The van der Waals surface area contributed by atoms with E-state index in [4.69, 9.17) is 27.9 Å². The maximum Gasteiger partial charge on any atom is 0.264 e. The van der Waals surface area contributed by atoms with Crippen LogP contribution in [0.1, 0.15) is 31.9 Å². The summed E-state index contributed by atoms with van der Waals surface area (Å²) in [6.07, 6.45) is 0. The maximum atomic E-state index is 14.0. The predicted octanol–water partition coefficient (Wildman–Crippen LogP) is 5.70. The minimum Gasteiger partial charge on any atom is -0.495 e. The molecular formula is C30H35Cl2N3O5S. The fourth-order valence-electron chi connectivity index (χ4n) is 4.04. The predicted molar refractivity (Wildman–Crippen MR) is 163 cm³/mol. The fraction of sp³-hybridized carbons (Fsp3) is 0.333. The molecule has 0 saturated heterocycles. The van der Waals surface area contributed by atoms with E-state index < -0.39 is 28.5 Å². The maximum absolute atomic E-state index is 14.0. The van der Waals surface area contributed by atoms with E-state index in [0.717, 1.165) is 9.87 Å². The number of carbonyl (C=O) groups excluding carboxylic acids is 2. The van der Waals surface area contributed by atoms with Gasteiger partial charge >= 0.3 is 0 Å². The Morgan fingerprint density at radius 2 is 1.66 bits per heavy atom. The van der Waals surface area contributed by atoms with E-state index in [-0.39, 0.29) is 34.0 Å². The molecule has 0 aliphatic carbocycles. The van der Waals surface area contributed by atoms with Crippen LogP contribution >= 0.6 is 23.2 Å². The monoisotopic (exact) mass is 619 g/mol. The molecule has 0 fully saturated rings. The second-order valence-corrected chi connectivity index (χ2v) is 12.8. The summed E-state index contributed by atoms with van der Waals surface area (Å²) in [6.45, 7) is 7.28. The Bertz CT molecular complexity index is 1480. The van der Waals surface area contributed by atoms with E-state index in [2.05, 4.69) is 5.32 Å². The quantitative estimate of drug-likeness (QED) is 0.281. The number of ether oxygens (including phenoxy) is 1. The summed E-state index contributed by atoms with van der Waals surface area (Å²) in [6, 6.07) is 16.9. The van der Waals surface area contributed by atoms with Crippen LogP contribution in [0.4, 0.5) is 5.69 Å². The number of hydrogen-bond acceptors (Lipinski definition) is 5. The van der Waals surface area contributed by atoms with Crippen molar-refractivity contribution in [1.82, 2.24) is 10.2 Å². The van der Waals surface area contributed by atoms with E-state index in [1.807, 2.05) is 20.8 Å². The molecule has 0 unspecified atom stereocenters. The number of rotatable bonds is 12. The smallest absolute Gasteiger partial charge is 0.264 e. The fourth-order valence-corrected chi connectivity index (χ4v) is 5.91. The third kappa shape index (κ3) is 8.38. The van der Waals surface area contributed by atoms with Gasteiger partial charge in [0, 0.05) is 18.1 Å². The Labute approximate surface area is 252 Å². The van der Waals surface area contributed by atoms with Crippen molar-refractivity contribution in [3.8, 4) is 5.75 Å². The lowest BCUT2D eigenvalue weighted by atomic mass is 10.1. The normalized spacial score (nSPS) is 12.1. The van der Waals surface area contributed by atoms with Gasteiger partial charge in [0.15, 0.2) is 0 Å². The Balaban J connectivity index is 2.05. The zero-order chi connectivity index (χ0) is 30.3. The summed E-state index contributed by atoms with van der Waals surface area (Å²) in [4.78, 5) is 28.4. The van der Waals surface area contributed by atoms with Gasteiger partial charge in [-0.05, 0) is 67.8 Å². The van der Waals surface area contributed by atoms with Crippen LogP contribution in [0.2, 0.25) is 10.0 Å². The molecule has 0 radical (unpaired) electrons. The summed E-state index contributed by atoms with van der Waals surface area (Å²) in [7, 11) is -2.77. The van der Waals surface area contributed by atoms with Gasteiger partial charge in [-0.25, -0.2) is 8.42 Å². The molecule has 0 spiro atoms. The molecule has 3 aromatic rings. The summed E-state index contributed by atoms with van der Waals surface area (Å²) in [5.41, 5.74) is 1.74. The number of aryl methyl sites for hydroxylation is 1. The second-order valence-electron chi connectivity index (χ2n) is 10.1. The number of nitrogens with one attached hydrogen (secondary N) is 1. The number of nitrogens with zero attached hydrogens (tertiary/aromatic N) is 2. The molecule has 0 bridgehead atoms. The van der Waals surface area contributed by atoms with Crippen molar-refractivity contribution in [3.05, 3.63) is 87.9 Å². The van der Waals surface area contributed by atoms with Gasteiger partial charge in [0.1, 0.15) is 18.3 Å². The molecule has 1 atom stereocenters. The van der Waals surface area contributed by atoms with Gasteiger partial charge in [-0.15, -0.1) is 0 Å². The molecule has 0 aromatic heterocycles. The number of anilines is 1. The van der Waals surface area contributed by atoms with Gasteiger partial charge in [0.25, 0.3) is 10.0 Å². The molecule has 2 amide bonds. The number of carbonyl (C=O) groups is 2. The SMILES string of the molecule is COc1ccc(N(CC(=O)N(Cc2cccc(Cl)c2)[C@@H](C)C(=O)NCC(C)C)S(=O)(=O)c2ccc(C)cc2)cc1Cl. The lowest BCUT2D eigenvalue weighted by Gasteiger charge is -2.32.